The Morgan fingerprint density at radius 3 is 2.58 bits per heavy atom. The zero-order valence-electron chi connectivity index (χ0n) is 12.4. The van der Waals surface area contributed by atoms with Crippen LogP contribution in [0.15, 0.2) is 18.2 Å². The minimum absolute atomic E-state index is 0.148. The average Bonchev–Trinajstić information content (AvgIpc) is 2.40. The molecule has 19 heavy (non-hydrogen) atoms. The fraction of sp³-hybridized carbons (Fsp3) is 0.625. The molecule has 2 atom stereocenters. The number of hydrazine groups is 1. The summed E-state index contributed by atoms with van der Waals surface area (Å²) in [5.41, 5.74) is 5.23. The fourth-order valence-electron chi connectivity index (χ4n) is 2.51. The SMILES string of the molecule is CCCCC(CC)CC(NN)c1ccc(C)cc1Cl. The van der Waals surface area contributed by atoms with Crippen molar-refractivity contribution in [1.29, 1.82) is 0 Å². The molecule has 0 saturated carbocycles. The van der Waals surface area contributed by atoms with Crippen LogP contribution in [0.5, 0.6) is 0 Å². The van der Waals surface area contributed by atoms with Crippen LogP contribution >= 0.6 is 11.6 Å². The summed E-state index contributed by atoms with van der Waals surface area (Å²) in [6.45, 7) is 6.55. The molecule has 0 aromatic heterocycles. The lowest BCUT2D eigenvalue weighted by molar-refractivity contribution is 0.356. The summed E-state index contributed by atoms with van der Waals surface area (Å²) < 4.78 is 0. The van der Waals surface area contributed by atoms with Gasteiger partial charge in [-0.1, -0.05) is 63.3 Å². The lowest BCUT2D eigenvalue weighted by Crippen LogP contribution is -2.30. The van der Waals surface area contributed by atoms with E-state index in [1.165, 1.54) is 31.2 Å². The van der Waals surface area contributed by atoms with Crippen LogP contribution in [0.1, 0.15) is 63.1 Å². The van der Waals surface area contributed by atoms with Crippen LogP contribution in [0.2, 0.25) is 5.02 Å². The van der Waals surface area contributed by atoms with Gasteiger partial charge in [-0.05, 0) is 36.5 Å². The highest BCUT2D eigenvalue weighted by Gasteiger charge is 2.18. The van der Waals surface area contributed by atoms with Gasteiger partial charge in [0.05, 0.1) is 0 Å². The molecule has 0 fully saturated rings. The molecule has 0 bridgehead atoms. The van der Waals surface area contributed by atoms with E-state index in [1.54, 1.807) is 0 Å². The van der Waals surface area contributed by atoms with E-state index < -0.39 is 0 Å². The van der Waals surface area contributed by atoms with Gasteiger partial charge < -0.3 is 0 Å². The molecule has 3 heteroatoms. The predicted molar refractivity (Wildman–Crippen MR) is 84.2 cm³/mol. The van der Waals surface area contributed by atoms with Crippen molar-refractivity contribution in [2.75, 3.05) is 0 Å². The molecular formula is C16H27ClN2. The van der Waals surface area contributed by atoms with Crippen LogP contribution in [0.3, 0.4) is 0 Å². The van der Waals surface area contributed by atoms with Gasteiger partial charge in [0.25, 0.3) is 0 Å². The second kappa shape index (κ2) is 8.57. The van der Waals surface area contributed by atoms with Crippen LogP contribution in [-0.4, -0.2) is 0 Å². The molecule has 2 nitrogen and oxygen atoms in total. The summed E-state index contributed by atoms with van der Waals surface area (Å²) >= 11 is 6.34. The quantitative estimate of drug-likeness (QED) is 0.533. The monoisotopic (exact) mass is 282 g/mol. The Bertz CT molecular complexity index is 379. The molecule has 0 saturated heterocycles. The maximum atomic E-state index is 6.34. The van der Waals surface area contributed by atoms with Crippen molar-refractivity contribution in [3.8, 4) is 0 Å². The van der Waals surface area contributed by atoms with E-state index in [9.17, 15) is 0 Å². The molecule has 0 radical (unpaired) electrons. The Balaban J connectivity index is 2.76. The summed E-state index contributed by atoms with van der Waals surface area (Å²) in [5, 5.41) is 0.813. The normalized spacial score (nSPS) is 14.4. The van der Waals surface area contributed by atoms with Crippen LogP contribution in [0.4, 0.5) is 0 Å². The topological polar surface area (TPSA) is 38.0 Å². The summed E-state index contributed by atoms with van der Waals surface area (Å²) in [7, 11) is 0. The third-order valence-corrected chi connectivity index (χ3v) is 4.17. The number of halogens is 1. The number of benzene rings is 1. The minimum Gasteiger partial charge on any atom is -0.271 e. The van der Waals surface area contributed by atoms with Gasteiger partial charge in [-0.3, -0.25) is 11.3 Å². The minimum atomic E-state index is 0.148. The standard InChI is InChI=1S/C16H27ClN2/c1-4-6-7-13(5-2)11-16(19-18)14-9-8-12(3)10-15(14)17/h8-10,13,16,19H,4-7,11,18H2,1-3H3. The number of rotatable bonds is 8. The van der Waals surface area contributed by atoms with Gasteiger partial charge in [-0.25, -0.2) is 0 Å². The van der Waals surface area contributed by atoms with E-state index in [-0.39, 0.29) is 6.04 Å². The van der Waals surface area contributed by atoms with Gasteiger partial charge in [-0.2, -0.15) is 0 Å². The van der Waals surface area contributed by atoms with Crippen LogP contribution in [0.25, 0.3) is 0 Å². The third-order valence-electron chi connectivity index (χ3n) is 3.84. The highest BCUT2D eigenvalue weighted by atomic mass is 35.5. The Morgan fingerprint density at radius 2 is 2.05 bits per heavy atom. The lowest BCUT2D eigenvalue weighted by Gasteiger charge is -2.23. The molecule has 108 valence electrons. The molecule has 1 aromatic carbocycles. The van der Waals surface area contributed by atoms with Gasteiger partial charge in [0.2, 0.25) is 0 Å². The number of nitrogens with two attached hydrogens (primary N) is 1. The average molecular weight is 283 g/mol. The number of unbranched alkanes of at least 4 members (excludes halogenated alkanes) is 1. The van der Waals surface area contributed by atoms with E-state index >= 15 is 0 Å². The highest BCUT2D eigenvalue weighted by molar-refractivity contribution is 6.31. The van der Waals surface area contributed by atoms with Gasteiger partial charge in [-0.15, -0.1) is 0 Å². The molecule has 0 spiro atoms. The van der Waals surface area contributed by atoms with E-state index in [0.29, 0.717) is 5.92 Å². The summed E-state index contributed by atoms with van der Waals surface area (Å²) in [6.07, 6.45) is 6.06. The van der Waals surface area contributed by atoms with Crippen molar-refractivity contribution >= 4 is 11.6 Å². The number of nitrogens with one attached hydrogen (secondary N) is 1. The second-order valence-electron chi connectivity index (χ2n) is 5.40. The molecule has 1 aromatic rings. The second-order valence-corrected chi connectivity index (χ2v) is 5.80. The molecule has 3 N–H and O–H groups in total. The number of aryl methyl sites for hydroxylation is 1. The van der Waals surface area contributed by atoms with Crippen LogP contribution in [0, 0.1) is 12.8 Å². The van der Waals surface area contributed by atoms with Crippen molar-refractivity contribution in [2.24, 2.45) is 11.8 Å². The van der Waals surface area contributed by atoms with Gasteiger partial charge in [0.1, 0.15) is 0 Å². The summed E-state index contributed by atoms with van der Waals surface area (Å²) in [6, 6.07) is 6.34. The first kappa shape index (κ1) is 16.5. The Kier molecular flexibility index (Phi) is 7.44. The van der Waals surface area contributed by atoms with Crippen molar-refractivity contribution in [3.63, 3.8) is 0 Å². The third kappa shape index (κ3) is 5.13. The van der Waals surface area contributed by atoms with Crippen molar-refractivity contribution in [2.45, 2.75) is 58.9 Å². The molecule has 0 aliphatic heterocycles. The first-order chi connectivity index (χ1) is 9.12. The maximum Gasteiger partial charge on any atom is 0.0477 e. The van der Waals surface area contributed by atoms with Crippen molar-refractivity contribution in [3.05, 3.63) is 34.3 Å². The maximum absolute atomic E-state index is 6.34. The molecule has 0 aliphatic carbocycles. The molecule has 2 unspecified atom stereocenters. The Hall–Kier alpha value is -0.570. The van der Waals surface area contributed by atoms with Crippen LogP contribution < -0.4 is 11.3 Å². The number of hydrogen-bond acceptors (Lipinski definition) is 2. The largest absolute Gasteiger partial charge is 0.271 e. The van der Waals surface area contributed by atoms with E-state index in [2.05, 4.69) is 38.3 Å². The zero-order chi connectivity index (χ0) is 14.3. The highest BCUT2D eigenvalue weighted by Crippen LogP contribution is 2.30. The van der Waals surface area contributed by atoms with Crippen molar-refractivity contribution in [1.82, 2.24) is 5.43 Å². The van der Waals surface area contributed by atoms with E-state index in [0.717, 1.165) is 17.0 Å². The van der Waals surface area contributed by atoms with E-state index in [4.69, 9.17) is 17.4 Å². The summed E-state index contributed by atoms with van der Waals surface area (Å²) in [5.74, 6) is 6.44. The molecule has 0 heterocycles. The molecule has 1 rings (SSSR count). The summed E-state index contributed by atoms with van der Waals surface area (Å²) in [4.78, 5) is 0. The lowest BCUT2D eigenvalue weighted by atomic mass is 9.89. The molecule has 0 aliphatic rings. The fourth-order valence-corrected chi connectivity index (χ4v) is 2.88. The van der Waals surface area contributed by atoms with Gasteiger partial charge >= 0.3 is 0 Å². The Labute approximate surface area is 122 Å². The van der Waals surface area contributed by atoms with Gasteiger partial charge in [0.15, 0.2) is 0 Å². The first-order valence-corrected chi connectivity index (χ1v) is 7.72. The van der Waals surface area contributed by atoms with Crippen molar-refractivity contribution < 1.29 is 0 Å². The predicted octanol–water partition coefficient (Wildman–Crippen LogP) is 4.76. The Morgan fingerprint density at radius 1 is 1.32 bits per heavy atom. The molecular weight excluding hydrogens is 256 g/mol. The number of hydrogen-bond donors (Lipinski definition) is 2. The smallest absolute Gasteiger partial charge is 0.0477 e. The zero-order valence-corrected chi connectivity index (χ0v) is 13.1. The van der Waals surface area contributed by atoms with E-state index in [1.807, 2.05) is 6.07 Å². The first-order valence-electron chi connectivity index (χ1n) is 7.34. The van der Waals surface area contributed by atoms with Crippen LogP contribution in [-0.2, 0) is 0 Å². The van der Waals surface area contributed by atoms with Gasteiger partial charge in [0, 0.05) is 11.1 Å². The molecule has 0 amide bonds.